The minimum atomic E-state index is -0.403. The van der Waals surface area contributed by atoms with E-state index in [0.717, 1.165) is 10.5 Å². The molecule has 1 unspecified atom stereocenters. The van der Waals surface area contributed by atoms with Crippen LogP contribution >= 0.6 is 11.8 Å². The van der Waals surface area contributed by atoms with E-state index in [9.17, 15) is 9.90 Å². The Kier molecular flexibility index (Phi) is 5.35. The molecule has 0 aliphatic carbocycles. The van der Waals surface area contributed by atoms with E-state index < -0.39 is 6.10 Å². The molecule has 0 heterocycles. The van der Waals surface area contributed by atoms with E-state index in [0.29, 0.717) is 12.2 Å². The van der Waals surface area contributed by atoms with Gasteiger partial charge in [-0.2, -0.15) is 0 Å². The summed E-state index contributed by atoms with van der Waals surface area (Å²) in [5.74, 6) is 0.0780. The maximum absolute atomic E-state index is 10.9. The first-order chi connectivity index (χ1) is 7.67. The highest BCUT2D eigenvalue weighted by atomic mass is 32.2. The van der Waals surface area contributed by atoms with Crippen molar-refractivity contribution in [1.82, 2.24) is 0 Å². The number of hydrogen-bond acceptors (Lipinski definition) is 4. The molecule has 1 rings (SSSR count). The van der Waals surface area contributed by atoms with Gasteiger partial charge < -0.3 is 9.84 Å². The van der Waals surface area contributed by atoms with Gasteiger partial charge in [0.2, 0.25) is 0 Å². The molecule has 1 aromatic rings. The Morgan fingerprint density at radius 3 is 2.56 bits per heavy atom. The highest BCUT2D eigenvalue weighted by Crippen LogP contribution is 2.22. The Bertz CT molecular complexity index is 335. The summed E-state index contributed by atoms with van der Waals surface area (Å²) >= 11 is 1.42. The molecule has 0 aliphatic rings. The average Bonchev–Trinajstić information content (AvgIpc) is 2.35. The number of methoxy groups -OCH3 is 1. The zero-order chi connectivity index (χ0) is 12.0. The summed E-state index contributed by atoms with van der Waals surface area (Å²) in [7, 11) is 1.38. The van der Waals surface area contributed by atoms with E-state index >= 15 is 0 Å². The van der Waals surface area contributed by atoms with Crippen LogP contribution in [0.4, 0.5) is 0 Å². The molecule has 16 heavy (non-hydrogen) atoms. The summed E-state index contributed by atoms with van der Waals surface area (Å²) in [4.78, 5) is 11.9. The first-order valence-corrected chi connectivity index (χ1v) is 6.13. The lowest BCUT2D eigenvalue weighted by Gasteiger charge is -2.08. The van der Waals surface area contributed by atoms with Crippen molar-refractivity contribution in [3.05, 3.63) is 29.8 Å². The highest BCUT2D eigenvalue weighted by Gasteiger charge is 2.05. The molecule has 1 aromatic carbocycles. The molecule has 0 saturated heterocycles. The topological polar surface area (TPSA) is 46.5 Å². The SMILES string of the molecule is CCC(O)c1ccc(SCC(=O)OC)cc1. The van der Waals surface area contributed by atoms with Gasteiger partial charge in [-0.05, 0) is 24.1 Å². The third kappa shape index (κ3) is 3.87. The monoisotopic (exact) mass is 240 g/mol. The van der Waals surface area contributed by atoms with E-state index in [2.05, 4.69) is 4.74 Å². The molecular formula is C12H16O3S. The Hall–Kier alpha value is -1.00. The van der Waals surface area contributed by atoms with E-state index in [-0.39, 0.29) is 5.97 Å². The largest absolute Gasteiger partial charge is 0.468 e. The lowest BCUT2D eigenvalue weighted by molar-refractivity contribution is -0.137. The molecular weight excluding hydrogens is 224 g/mol. The van der Waals surface area contributed by atoms with Crippen molar-refractivity contribution in [3.63, 3.8) is 0 Å². The van der Waals surface area contributed by atoms with Crippen LogP contribution in [0.25, 0.3) is 0 Å². The van der Waals surface area contributed by atoms with E-state index in [1.165, 1.54) is 18.9 Å². The normalized spacial score (nSPS) is 12.2. The van der Waals surface area contributed by atoms with Gasteiger partial charge in [-0.15, -0.1) is 11.8 Å². The van der Waals surface area contributed by atoms with Crippen molar-refractivity contribution in [2.45, 2.75) is 24.3 Å². The second-order valence-corrected chi connectivity index (χ2v) is 4.41. The number of ether oxygens (including phenoxy) is 1. The molecule has 1 atom stereocenters. The molecule has 0 fully saturated rings. The van der Waals surface area contributed by atoms with Gasteiger partial charge in [0.1, 0.15) is 0 Å². The molecule has 88 valence electrons. The van der Waals surface area contributed by atoms with Crippen LogP contribution in [0.2, 0.25) is 0 Å². The van der Waals surface area contributed by atoms with Crippen LogP contribution in [-0.4, -0.2) is 23.9 Å². The van der Waals surface area contributed by atoms with E-state index in [4.69, 9.17) is 0 Å². The third-order valence-corrected chi connectivity index (χ3v) is 3.22. The lowest BCUT2D eigenvalue weighted by Crippen LogP contribution is -2.02. The van der Waals surface area contributed by atoms with Crippen molar-refractivity contribution >= 4 is 17.7 Å². The summed E-state index contributed by atoms with van der Waals surface area (Å²) in [5.41, 5.74) is 0.907. The van der Waals surface area contributed by atoms with Gasteiger partial charge in [-0.3, -0.25) is 4.79 Å². The average molecular weight is 240 g/mol. The predicted molar refractivity (Wildman–Crippen MR) is 64.4 cm³/mol. The van der Waals surface area contributed by atoms with Gasteiger partial charge in [0.05, 0.1) is 19.0 Å². The van der Waals surface area contributed by atoms with Crippen LogP contribution in [0.5, 0.6) is 0 Å². The number of thioether (sulfide) groups is 1. The van der Waals surface area contributed by atoms with Crippen LogP contribution < -0.4 is 0 Å². The predicted octanol–water partition coefficient (Wildman–Crippen LogP) is 2.40. The number of rotatable bonds is 5. The lowest BCUT2D eigenvalue weighted by atomic mass is 10.1. The van der Waals surface area contributed by atoms with Crippen molar-refractivity contribution in [2.75, 3.05) is 12.9 Å². The van der Waals surface area contributed by atoms with Crippen LogP contribution in [0.15, 0.2) is 29.2 Å². The minimum Gasteiger partial charge on any atom is -0.468 e. The van der Waals surface area contributed by atoms with Gasteiger partial charge >= 0.3 is 5.97 Å². The van der Waals surface area contributed by atoms with Crippen molar-refractivity contribution < 1.29 is 14.6 Å². The highest BCUT2D eigenvalue weighted by molar-refractivity contribution is 8.00. The van der Waals surface area contributed by atoms with Gasteiger partial charge in [-0.1, -0.05) is 19.1 Å². The second-order valence-electron chi connectivity index (χ2n) is 3.36. The summed E-state index contributed by atoms with van der Waals surface area (Å²) in [6.07, 6.45) is 0.300. The molecule has 0 bridgehead atoms. The molecule has 0 aromatic heterocycles. The van der Waals surface area contributed by atoms with Crippen molar-refractivity contribution in [3.8, 4) is 0 Å². The van der Waals surface area contributed by atoms with Gasteiger partial charge in [0.25, 0.3) is 0 Å². The van der Waals surface area contributed by atoms with E-state index in [1.54, 1.807) is 0 Å². The zero-order valence-electron chi connectivity index (χ0n) is 9.47. The number of hydrogen-bond donors (Lipinski definition) is 1. The molecule has 1 N–H and O–H groups in total. The number of carbonyl (C=O) groups excluding carboxylic acids is 1. The molecule has 4 heteroatoms. The van der Waals surface area contributed by atoms with Gasteiger partial charge in [0, 0.05) is 4.90 Å². The number of benzene rings is 1. The molecule has 0 radical (unpaired) electrons. The van der Waals surface area contributed by atoms with Crippen LogP contribution in [0.1, 0.15) is 25.0 Å². The quantitative estimate of drug-likeness (QED) is 0.634. The van der Waals surface area contributed by atoms with E-state index in [1.807, 2.05) is 31.2 Å². The molecule has 3 nitrogen and oxygen atoms in total. The first kappa shape index (κ1) is 13.1. The summed E-state index contributed by atoms with van der Waals surface area (Å²) < 4.78 is 4.55. The van der Waals surface area contributed by atoms with Crippen LogP contribution in [0.3, 0.4) is 0 Å². The summed E-state index contributed by atoms with van der Waals surface area (Å²) in [5, 5.41) is 9.60. The van der Waals surface area contributed by atoms with Crippen LogP contribution in [-0.2, 0) is 9.53 Å². The smallest absolute Gasteiger partial charge is 0.315 e. The van der Waals surface area contributed by atoms with Gasteiger partial charge in [-0.25, -0.2) is 0 Å². The molecule has 0 saturated carbocycles. The zero-order valence-corrected chi connectivity index (χ0v) is 10.3. The molecule has 0 aliphatic heterocycles. The fourth-order valence-corrected chi connectivity index (χ4v) is 1.95. The van der Waals surface area contributed by atoms with Crippen molar-refractivity contribution in [1.29, 1.82) is 0 Å². The standard InChI is InChI=1S/C12H16O3S/c1-3-11(13)9-4-6-10(7-5-9)16-8-12(14)15-2/h4-7,11,13H,3,8H2,1-2H3. The minimum absolute atomic E-state index is 0.234. The Labute approximate surface area is 99.8 Å². The Morgan fingerprint density at radius 1 is 1.44 bits per heavy atom. The van der Waals surface area contributed by atoms with Crippen LogP contribution in [0, 0.1) is 0 Å². The molecule has 0 spiro atoms. The third-order valence-electron chi connectivity index (χ3n) is 2.24. The van der Waals surface area contributed by atoms with Gasteiger partial charge in [0.15, 0.2) is 0 Å². The maximum atomic E-state index is 10.9. The second kappa shape index (κ2) is 6.55. The number of aliphatic hydroxyl groups excluding tert-OH is 1. The Balaban J connectivity index is 2.54. The first-order valence-electron chi connectivity index (χ1n) is 5.15. The summed E-state index contributed by atoms with van der Waals surface area (Å²) in [6.45, 7) is 1.94. The summed E-state index contributed by atoms with van der Waals surface area (Å²) in [6, 6.07) is 7.57. The fraction of sp³-hybridized carbons (Fsp3) is 0.417. The Morgan fingerprint density at radius 2 is 2.06 bits per heavy atom. The molecule has 0 amide bonds. The number of carbonyl (C=O) groups is 1. The fourth-order valence-electron chi connectivity index (χ4n) is 1.22. The maximum Gasteiger partial charge on any atom is 0.315 e. The number of aliphatic hydroxyl groups is 1. The number of esters is 1. The van der Waals surface area contributed by atoms with Crippen molar-refractivity contribution in [2.24, 2.45) is 0 Å².